The van der Waals surface area contributed by atoms with Gasteiger partial charge in [0.25, 0.3) is 5.91 Å². The van der Waals surface area contributed by atoms with Crippen molar-refractivity contribution in [3.8, 4) is 11.3 Å². The Kier molecular flexibility index (Phi) is 3.57. The van der Waals surface area contributed by atoms with Crippen LogP contribution >= 0.6 is 0 Å². The van der Waals surface area contributed by atoms with E-state index in [1.54, 1.807) is 0 Å². The summed E-state index contributed by atoms with van der Waals surface area (Å²) in [4.78, 5) is 21.7. The molecule has 0 spiro atoms. The van der Waals surface area contributed by atoms with Gasteiger partial charge in [0.2, 0.25) is 0 Å². The first kappa shape index (κ1) is 15.8. The first-order valence-corrected chi connectivity index (χ1v) is 9.10. The molecule has 0 saturated carbocycles. The van der Waals surface area contributed by atoms with Crippen molar-refractivity contribution >= 4 is 17.2 Å². The smallest absolute Gasteiger partial charge is 0.274 e. The first-order valence-electron chi connectivity index (χ1n) is 9.10. The SMILES string of the molecule is Cc1nc2ccccn2c1C(=O)Nc1ccc(-c2cnc3n2CCC3)cc1. The lowest BCUT2D eigenvalue weighted by atomic mass is 10.1. The molecule has 0 aliphatic carbocycles. The van der Waals surface area contributed by atoms with Gasteiger partial charge >= 0.3 is 0 Å². The molecule has 1 aliphatic heterocycles. The predicted octanol–water partition coefficient (Wildman–Crippen LogP) is 3.70. The number of imidazole rings is 2. The normalized spacial score (nSPS) is 13.1. The van der Waals surface area contributed by atoms with Crippen molar-refractivity contribution in [3.05, 3.63) is 72.1 Å². The number of carbonyl (C=O) groups excluding carboxylic acids is 1. The van der Waals surface area contributed by atoms with Crippen LogP contribution in [0.2, 0.25) is 0 Å². The van der Waals surface area contributed by atoms with Gasteiger partial charge in [-0.15, -0.1) is 0 Å². The monoisotopic (exact) mass is 357 g/mol. The minimum Gasteiger partial charge on any atom is -0.328 e. The Labute approximate surface area is 156 Å². The Hall–Kier alpha value is -3.41. The number of pyridine rings is 1. The van der Waals surface area contributed by atoms with E-state index in [0.717, 1.165) is 47.8 Å². The molecule has 1 aromatic carbocycles. The number of rotatable bonds is 3. The molecule has 3 aromatic heterocycles. The van der Waals surface area contributed by atoms with Gasteiger partial charge in [0.15, 0.2) is 0 Å². The molecular weight excluding hydrogens is 338 g/mol. The molecule has 1 aliphatic rings. The molecule has 6 heteroatoms. The van der Waals surface area contributed by atoms with E-state index in [1.807, 2.05) is 66.2 Å². The van der Waals surface area contributed by atoms with E-state index in [-0.39, 0.29) is 5.91 Å². The van der Waals surface area contributed by atoms with Crippen LogP contribution in [0.15, 0.2) is 54.9 Å². The van der Waals surface area contributed by atoms with E-state index in [1.165, 1.54) is 0 Å². The van der Waals surface area contributed by atoms with Crippen molar-refractivity contribution in [3.63, 3.8) is 0 Å². The van der Waals surface area contributed by atoms with Gasteiger partial charge in [-0.25, -0.2) is 9.97 Å². The fraction of sp³-hybridized carbons (Fsp3) is 0.190. The molecule has 0 atom stereocenters. The number of nitrogens with zero attached hydrogens (tertiary/aromatic N) is 4. The quantitative estimate of drug-likeness (QED) is 0.608. The largest absolute Gasteiger partial charge is 0.328 e. The summed E-state index contributed by atoms with van der Waals surface area (Å²) in [6.45, 7) is 2.88. The lowest BCUT2D eigenvalue weighted by Crippen LogP contribution is -2.15. The van der Waals surface area contributed by atoms with Crippen molar-refractivity contribution in [1.82, 2.24) is 18.9 Å². The molecule has 0 fully saturated rings. The summed E-state index contributed by atoms with van der Waals surface area (Å²) in [5.74, 6) is 0.995. The van der Waals surface area contributed by atoms with E-state index in [4.69, 9.17) is 0 Å². The summed E-state index contributed by atoms with van der Waals surface area (Å²) in [7, 11) is 0. The third-order valence-corrected chi connectivity index (χ3v) is 5.08. The fourth-order valence-corrected chi connectivity index (χ4v) is 3.79. The van der Waals surface area contributed by atoms with Crippen molar-refractivity contribution in [1.29, 1.82) is 0 Å². The molecular formula is C21H19N5O. The van der Waals surface area contributed by atoms with Gasteiger partial charge in [0, 0.05) is 24.8 Å². The van der Waals surface area contributed by atoms with E-state index in [2.05, 4.69) is 19.9 Å². The second-order valence-electron chi connectivity index (χ2n) is 6.82. The molecule has 134 valence electrons. The number of hydrogen-bond acceptors (Lipinski definition) is 3. The lowest BCUT2D eigenvalue weighted by Gasteiger charge is -2.08. The predicted molar refractivity (Wildman–Crippen MR) is 104 cm³/mol. The molecule has 1 amide bonds. The second kappa shape index (κ2) is 6.09. The molecule has 4 heterocycles. The van der Waals surface area contributed by atoms with Gasteiger partial charge in [0.1, 0.15) is 17.2 Å². The number of hydrogen-bond donors (Lipinski definition) is 1. The van der Waals surface area contributed by atoms with Gasteiger partial charge in [-0.05, 0) is 43.2 Å². The first-order chi connectivity index (χ1) is 13.2. The van der Waals surface area contributed by atoms with Gasteiger partial charge in [-0.2, -0.15) is 0 Å². The summed E-state index contributed by atoms with van der Waals surface area (Å²) < 4.78 is 4.09. The van der Waals surface area contributed by atoms with E-state index >= 15 is 0 Å². The van der Waals surface area contributed by atoms with Gasteiger partial charge in [-0.1, -0.05) is 18.2 Å². The minimum atomic E-state index is -0.163. The number of fused-ring (bicyclic) bond motifs is 2. The summed E-state index contributed by atoms with van der Waals surface area (Å²) in [6, 6.07) is 13.6. The number of carbonyl (C=O) groups is 1. The van der Waals surface area contributed by atoms with E-state index < -0.39 is 0 Å². The van der Waals surface area contributed by atoms with Crippen molar-refractivity contribution in [2.75, 3.05) is 5.32 Å². The maximum atomic E-state index is 12.8. The van der Waals surface area contributed by atoms with Gasteiger partial charge < -0.3 is 9.88 Å². The second-order valence-corrected chi connectivity index (χ2v) is 6.82. The maximum Gasteiger partial charge on any atom is 0.274 e. The lowest BCUT2D eigenvalue weighted by molar-refractivity contribution is 0.102. The average Bonchev–Trinajstić information content (AvgIpc) is 3.35. The van der Waals surface area contributed by atoms with E-state index in [0.29, 0.717) is 11.4 Å². The zero-order valence-corrected chi connectivity index (χ0v) is 15.0. The number of benzene rings is 1. The van der Waals surface area contributed by atoms with Crippen LogP contribution in [-0.2, 0) is 13.0 Å². The van der Waals surface area contributed by atoms with Crippen molar-refractivity contribution < 1.29 is 4.79 Å². The van der Waals surface area contributed by atoms with Crippen molar-refractivity contribution in [2.45, 2.75) is 26.3 Å². The third kappa shape index (κ3) is 2.61. The molecule has 0 unspecified atom stereocenters. The molecule has 4 aromatic rings. The third-order valence-electron chi connectivity index (χ3n) is 5.08. The van der Waals surface area contributed by atoms with E-state index in [9.17, 15) is 4.79 Å². The summed E-state index contributed by atoms with van der Waals surface area (Å²) in [6.07, 6.45) is 5.99. The average molecular weight is 357 g/mol. The molecule has 6 nitrogen and oxygen atoms in total. The summed E-state index contributed by atoms with van der Waals surface area (Å²) in [5.41, 5.74) is 5.05. The number of amides is 1. The van der Waals surface area contributed by atoms with Gasteiger partial charge in [0.05, 0.1) is 17.6 Å². The number of anilines is 1. The highest BCUT2D eigenvalue weighted by atomic mass is 16.2. The van der Waals surface area contributed by atoms with Crippen LogP contribution in [0.4, 0.5) is 5.69 Å². The molecule has 0 radical (unpaired) electrons. The highest BCUT2D eigenvalue weighted by Crippen LogP contribution is 2.26. The Morgan fingerprint density at radius 2 is 2.00 bits per heavy atom. The number of aryl methyl sites for hydroxylation is 2. The summed E-state index contributed by atoms with van der Waals surface area (Å²) >= 11 is 0. The van der Waals surface area contributed by atoms with Crippen LogP contribution < -0.4 is 5.32 Å². The van der Waals surface area contributed by atoms with Crippen LogP contribution in [-0.4, -0.2) is 24.8 Å². The topological polar surface area (TPSA) is 64.2 Å². The molecule has 1 N–H and O–H groups in total. The van der Waals surface area contributed by atoms with Crippen LogP contribution in [0, 0.1) is 6.92 Å². The zero-order chi connectivity index (χ0) is 18.4. The Morgan fingerprint density at radius 1 is 1.15 bits per heavy atom. The minimum absolute atomic E-state index is 0.163. The van der Waals surface area contributed by atoms with Gasteiger partial charge in [-0.3, -0.25) is 9.20 Å². The van der Waals surface area contributed by atoms with Crippen LogP contribution in [0.5, 0.6) is 0 Å². The molecule has 0 bridgehead atoms. The van der Waals surface area contributed by atoms with Crippen LogP contribution in [0.1, 0.15) is 28.4 Å². The number of nitrogens with one attached hydrogen (secondary N) is 1. The van der Waals surface area contributed by atoms with Crippen LogP contribution in [0.3, 0.4) is 0 Å². The fourth-order valence-electron chi connectivity index (χ4n) is 3.79. The Morgan fingerprint density at radius 3 is 2.85 bits per heavy atom. The zero-order valence-electron chi connectivity index (χ0n) is 15.0. The molecule has 27 heavy (non-hydrogen) atoms. The van der Waals surface area contributed by atoms with Crippen LogP contribution in [0.25, 0.3) is 16.9 Å². The highest BCUT2D eigenvalue weighted by molar-refractivity contribution is 6.04. The highest BCUT2D eigenvalue weighted by Gasteiger charge is 2.18. The molecule has 0 saturated heterocycles. The summed E-state index contributed by atoms with van der Waals surface area (Å²) in [5, 5.41) is 2.98. The Balaban J connectivity index is 1.41. The van der Waals surface area contributed by atoms with Crippen molar-refractivity contribution in [2.24, 2.45) is 0 Å². The maximum absolute atomic E-state index is 12.8. The standard InChI is InChI=1S/C21H19N5O/c1-14-20(26-11-3-2-5-19(26)23-14)21(27)24-16-9-7-15(8-10-16)17-13-22-18-6-4-12-25(17)18/h2-3,5,7-11,13H,4,6,12H2,1H3,(H,24,27). The molecule has 5 rings (SSSR count). The Bertz CT molecular complexity index is 1150. The number of aromatic nitrogens is 4.